The number of fused-ring (bicyclic) bond motifs is 2. The summed E-state index contributed by atoms with van der Waals surface area (Å²) >= 11 is 6.60. The number of imide groups is 1. The molecular weight excluding hydrogens is 747 g/mol. The number of nitrogens with zero attached hydrogens (tertiary/aromatic N) is 5. The molecule has 0 bridgehead atoms. The molecule has 6 N–H and O–H groups in total. The Labute approximate surface area is 333 Å². The number of carbonyl (C=O) groups is 4. The van der Waals surface area contributed by atoms with E-state index in [1.807, 2.05) is 41.3 Å². The number of nitrogens with two attached hydrogens (primary N) is 2. The van der Waals surface area contributed by atoms with Crippen LogP contribution in [0.15, 0.2) is 66.9 Å². The maximum atomic E-state index is 13.5. The second kappa shape index (κ2) is 15.8. The van der Waals surface area contributed by atoms with Gasteiger partial charge in [-0.3, -0.25) is 24.5 Å². The first-order valence-corrected chi connectivity index (χ1v) is 20.2. The Morgan fingerprint density at radius 3 is 2.59 bits per heavy atom. The molecular formula is C41H43N9O4S2. The molecule has 3 aliphatic rings. The lowest BCUT2D eigenvalue weighted by molar-refractivity contribution is -0.137. The first kappa shape index (κ1) is 37.3. The number of thiocarbonyl (C=S) groups is 1. The standard InChI is InChI=1S/C41H43N9O4S2/c42-37(55)27-8-4-7-26(20-27)31-23-49(33-19-24(11-12-30(31)33)21-44-41-47-46-40(43)56-41)29-15-17-48(18-16-29)35(52)10-2-1-5-25-6-3-9-28-22-50(39(54)36(25)28)32-13-14-34(51)45-38(32)53/h3-4,6-9,11-12,19-20,23,29,32H,1-2,5,10,13-18,21-22H2,(H2,42,55)(H2,43,46)(H,44,47)(H,45,51,53). The Kier molecular flexibility index (Phi) is 10.5. The van der Waals surface area contributed by atoms with Crippen LogP contribution in [0.3, 0.4) is 0 Å². The average molecular weight is 790 g/mol. The number of anilines is 2. The van der Waals surface area contributed by atoms with E-state index in [9.17, 15) is 19.2 Å². The van der Waals surface area contributed by atoms with Crippen molar-refractivity contribution in [3.8, 4) is 11.1 Å². The van der Waals surface area contributed by atoms with Crippen molar-refractivity contribution >= 4 is 73.3 Å². The normalized spacial score (nSPS) is 17.4. The van der Waals surface area contributed by atoms with E-state index in [0.717, 1.165) is 63.5 Å². The number of nitrogen functional groups attached to an aromatic ring is 1. The Morgan fingerprint density at radius 1 is 1.00 bits per heavy atom. The molecule has 0 aliphatic carbocycles. The quantitative estimate of drug-likeness (QED) is 0.0734. The second-order valence-electron chi connectivity index (χ2n) is 14.7. The molecule has 8 rings (SSSR count). The maximum absolute atomic E-state index is 13.5. The zero-order chi connectivity index (χ0) is 38.9. The SMILES string of the molecule is NC(=S)c1cccc(-c2cn(C3CCN(C(=O)CCCCc4cccc5c4C(=O)N(C4CCC(=O)NC4=O)C5)CC3)c3cc(CNc4nnc(N)s4)ccc23)c1. The lowest BCUT2D eigenvalue weighted by atomic mass is 9.98. The molecule has 56 heavy (non-hydrogen) atoms. The summed E-state index contributed by atoms with van der Waals surface area (Å²) in [5, 5.41) is 15.9. The van der Waals surface area contributed by atoms with Gasteiger partial charge in [-0.15, -0.1) is 10.2 Å². The number of likely N-dealkylation sites (tertiary alicyclic amines) is 1. The molecule has 15 heteroatoms. The summed E-state index contributed by atoms with van der Waals surface area (Å²) in [5.74, 6) is -0.718. The predicted octanol–water partition coefficient (Wildman–Crippen LogP) is 5.33. The Hall–Kier alpha value is -5.67. The van der Waals surface area contributed by atoms with E-state index in [1.165, 1.54) is 11.3 Å². The van der Waals surface area contributed by atoms with Crippen LogP contribution in [0.5, 0.6) is 0 Å². The molecule has 4 amide bonds. The van der Waals surface area contributed by atoms with Crippen molar-refractivity contribution < 1.29 is 19.2 Å². The zero-order valence-corrected chi connectivity index (χ0v) is 32.5. The largest absolute Gasteiger partial charge is 0.389 e. The van der Waals surface area contributed by atoms with Gasteiger partial charge in [-0.25, -0.2) is 0 Å². The molecule has 288 valence electrons. The van der Waals surface area contributed by atoms with Gasteiger partial charge in [0, 0.05) is 78.9 Å². The zero-order valence-electron chi connectivity index (χ0n) is 30.8. The summed E-state index contributed by atoms with van der Waals surface area (Å²) in [6.07, 6.45) is 7.04. The minimum atomic E-state index is -0.638. The predicted molar refractivity (Wildman–Crippen MR) is 220 cm³/mol. The fourth-order valence-corrected chi connectivity index (χ4v) is 8.94. The van der Waals surface area contributed by atoms with Crippen LogP contribution in [0.25, 0.3) is 22.0 Å². The highest BCUT2D eigenvalue weighted by atomic mass is 32.1. The van der Waals surface area contributed by atoms with Crippen LogP contribution in [-0.2, 0) is 33.9 Å². The van der Waals surface area contributed by atoms with Gasteiger partial charge in [0.2, 0.25) is 28.0 Å². The van der Waals surface area contributed by atoms with Gasteiger partial charge in [-0.2, -0.15) is 0 Å². The van der Waals surface area contributed by atoms with Crippen molar-refractivity contribution in [1.29, 1.82) is 0 Å². The number of hydrogen-bond donors (Lipinski definition) is 4. The number of amides is 4. The van der Waals surface area contributed by atoms with E-state index in [2.05, 4.69) is 55.9 Å². The number of hydrogen-bond acceptors (Lipinski definition) is 10. The van der Waals surface area contributed by atoms with Crippen molar-refractivity contribution in [1.82, 2.24) is 29.9 Å². The second-order valence-corrected chi connectivity index (χ2v) is 16.2. The molecule has 13 nitrogen and oxygen atoms in total. The van der Waals surface area contributed by atoms with E-state index in [4.69, 9.17) is 23.7 Å². The number of benzene rings is 3. The Bertz CT molecular complexity index is 2360. The number of carbonyl (C=O) groups excluding carboxylic acids is 4. The third kappa shape index (κ3) is 7.60. The molecule has 0 spiro atoms. The highest BCUT2D eigenvalue weighted by Crippen LogP contribution is 2.37. The van der Waals surface area contributed by atoms with Gasteiger partial charge in [0.1, 0.15) is 11.0 Å². The molecule has 1 atom stereocenters. The lowest BCUT2D eigenvalue weighted by Crippen LogP contribution is -2.52. The monoisotopic (exact) mass is 789 g/mol. The Morgan fingerprint density at radius 2 is 1.82 bits per heavy atom. The summed E-state index contributed by atoms with van der Waals surface area (Å²) < 4.78 is 2.37. The van der Waals surface area contributed by atoms with Crippen LogP contribution in [0.4, 0.5) is 10.3 Å². The van der Waals surface area contributed by atoms with Gasteiger partial charge in [-0.1, -0.05) is 72.1 Å². The van der Waals surface area contributed by atoms with Crippen molar-refractivity contribution in [3.63, 3.8) is 0 Å². The Balaban J connectivity index is 0.902. The molecule has 5 aromatic rings. The first-order valence-electron chi connectivity index (χ1n) is 19.0. The van der Waals surface area contributed by atoms with Crippen LogP contribution in [0.2, 0.25) is 0 Å². The number of nitrogens with one attached hydrogen (secondary N) is 2. The number of rotatable bonds is 12. The van der Waals surface area contributed by atoms with Crippen molar-refractivity contribution in [2.45, 2.75) is 76.5 Å². The summed E-state index contributed by atoms with van der Waals surface area (Å²) in [4.78, 5) is 55.0. The van der Waals surface area contributed by atoms with E-state index < -0.39 is 11.9 Å². The first-order chi connectivity index (χ1) is 27.1. The lowest BCUT2D eigenvalue weighted by Gasteiger charge is -2.33. The highest BCUT2D eigenvalue weighted by Gasteiger charge is 2.40. The van der Waals surface area contributed by atoms with Gasteiger partial charge in [0.25, 0.3) is 5.91 Å². The number of unbranched alkanes of at least 4 members (excludes halogenated alkanes) is 1. The van der Waals surface area contributed by atoms with Crippen LogP contribution in [0.1, 0.15) is 83.6 Å². The van der Waals surface area contributed by atoms with Gasteiger partial charge in [0.05, 0.1) is 0 Å². The van der Waals surface area contributed by atoms with Crippen LogP contribution < -0.4 is 22.1 Å². The summed E-state index contributed by atoms with van der Waals surface area (Å²) in [6, 6.07) is 19.9. The average Bonchev–Trinajstić information content (AvgIpc) is 3.90. The smallest absolute Gasteiger partial charge is 0.255 e. The molecule has 0 saturated carbocycles. The molecule has 1 unspecified atom stereocenters. The minimum absolute atomic E-state index is 0.153. The molecule has 2 aromatic heterocycles. The number of aryl methyl sites for hydroxylation is 1. The topological polar surface area (TPSA) is 182 Å². The fourth-order valence-electron chi connectivity index (χ4n) is 8.30. The highest BCUT2D eigenvalue weighted by molar-refractivity contribution is 7.80. The van der Waals surface area contributed by atoms with E-state index >= 15 is 0 Å². The molecule has 2 fully saturated rings. The number of piperidine rings is 2. The molecule has 5 heterocycles. The molecule has 3 aromatic carbocycles. The van der Waals surface area contributed by atoms with Crippen LogP contribution in [0, 0.1) is 0 Å². The van der Waals surface area contributed by atoms with Crippen molar-refractivity contribution in [2.24, 2.45) is 5.73 Å². The third-order valence-electron chi connectivity index (χ3n) is 11.2. The molecule has 0 radical (unpaired) electrons. The van der Waals surface area contributed by atoms with Crippen LogP contribution >= 0.6 is 23.6 Å². The van der Waals surface area contributed by atoms with E-state index in [1.54, 1.807) is 4.90 Å². The maximum Gasteiger partial charge on any atom is 0.255 e. The number of aromatic nitrogens is 3. The summed E-state index contributed by atoms with van der Waals surface area (Å²) in [6.45, 7) is 2.27. The van der Waals surface area contributed by atoms with Crippen LogP contribution in [-0.4, -0.2) is 72.3 Å². The van der Waals surface area contributed by atoms with Crippen molar-refractivity contribution in [2.75, 3.05) is 24.1 Å². The summed E-state index contributed by atoms with van der Waals surface area (Å²) in [5.41, 5.74) is 19.4. The van der Waals surface area contributed by atoms with E-state index in [0.29, 0.717) is 72.7 Å². The van der Waals surface area contributed by atoms with Crippen molar-refractivity contribution in [3.05, 3.63) is 94.7 Å². The van der Waals surface area contributed by atoms with E-state index in [-0.39, 0.29) is 30.2 Å². The van der Waals surface area contributed by atoms with Gasteiger partial charge in [-0.05, 0) is 72.9 Å². The van der Waals surface area contributed by atoms with Gasteiger partial charge in [0.15, 0.2) is 0 Å². The fraction of sp³-hybridized carbons (Fsp3) is 0.341. The minimum Gasteiger partial charge on any atom is -0.389 e. The molecule has 2 saturated heterocycles. The van der Waals surface area contributed by atoms with Gasteiger partial charge >= 0.3 is 0 Å². The van der Waals surface area contributed by atoms with Gasteiger partial charge < -0.3 is 31.2 Å². The molecule has 3 aliphatic heterocycles. The third-order valence-corrected chi connectivity index (χ3v) is 12.1. The summed E-state index contributed by atoms with van der Waals surface area (Å²) in [7, 11) is 0.